The molecule has 0 atom stereocenters. The van der Waals surface area contributed by atoms with Crippen LogP contribution in [-0.2, 0) is 16.6 Å². The number of nitrogens with zero attached hydrogens (tertiary/aromatic N) is 1. The van der Waals surface area contributed by atoms with Crippen molar-refractivity contribution in [1.29, 1.82) is 0 Å². The maximum absolute atomic E-state index is 12.1. The van der Waals surface area contributed by atoms with Crippen molar-refractivity contribution in [3.05, 3.63) is 46.8 Å². The van der Waals surface area contributed by atoms with Crippen LogP contribution in [0.15, 0.2) is 33.7 Å². The van der Waals surface area contributed by atoms with E-state index in [1.807, 2.05) is 0 Å². The molecular weight excluding hydrogens is 296 g/mol. The summed E-state index contributed by atoms with van der Waals surface area (Å²) in [5, 5.41) is 12.7. The third-order valence-electron chi connectivity index (χ3n) is 2.87. The molecule has 0 amide bonds. The van der Waals surface area contributed by atoms with Gasteiger partial charge in [0, 0.05) is 6.07 Å². The molecule has 8 heteroatoms. The average Bonchev–Trinajstić information content (AvgIpc) is 2.82. The van der Waals surface area contributed by atoms with Gasteiger partial charge < -0.3 is 9.63 Å². The number of aromatic nitrogens is 1. The molecule has 1 heterocycles. The summed E-state index contributed by atoms with van der Waals surface area (Å²) in [6, 6.07) is 5.56. The second-order valence-corrected chi connectivity index (χ2v) is 6.30. The van der Waals surface area contributed by atoms with E-state index in [1.54, 1.807) is 19.9 Å². The molecule has 2 N–H and O–H groups in total. The zero-order valence-corrected chi connectivity index (χ0v) is 12.3. The highest BCUT2D eigenvalue weighted by atomic mass is 32.2. The van der Waals surface area contributed by atoms with Crippen LogP contribution in [0, 0.1) is 13.8 Å². The van der Waals surface area contributed by atoms with E-state index in [9.17, 15) is 13.2 Å². The van der Waals surface area contributed by atoms with E-state index in [4.69, 9.17) is 9.63 Å². The van der Waals surface area contributed by atoms with Crippen LogP contribution in [0.4, 0.5) is 0 Å². The predicted octanol–water partition coefficient (Wildman–Crippen LogP) is 1.47. The molecule has 112 valence electrons. The molecule has 1 aromatic carbocycles. The van der Waals surface area contributed by atoms with Crippen LogP contribution < -0.4 is 4.72 Å². The van der Waals surface area contributed by atoms with Gasteiger partial charge >= 0.3 is 5.97 Å². The van der Waals surface area contributed by atoms with E-state index in [0.717, 1.165) is 6.07 Å². The molecule has 0 fully saturated rings. The molecule has 7 nitrogen and oxygen atoms in total. The minimum Gasteiger partial charge on any atom is -0.478 e. The summed E-state index contributed by atoms with van der Waals surface area (Å²) >= 11 is 0. The van der Waals surface area contributed by atoms with Gasteiger partial charge in [-0.15, -0.1) is 0 Å². The molecule has 0 radical (unpaired) electrons. The van der Waals surface area contributed by atoms with E-state index < -0.39 is 16.0 Å². The fraction of sp³-hybridized carbons (Fsp3) is 0.231. The average molecular weight is 310 g/mol. The largest absolute Gasteiger partial charge is 0.478 e. The summed E-state index contributed by atoms with van der Waals surface area (Å²) in [6.07, 6.45) is 0. The number of carbonyl (C=O) groups is 1. The molecule has 1 aromatic heterocycles. The smallest absolute Gasteiger partial charge is 0.335 e. The Hall–Kier alpha value is -2.19. The lowest BCUT2D eigenvalue weighted by molar-refractivity contribution is 0.0696. The highest BCUT2D eigenvalue weighted by Gasteiger charge is 2.18. The summed E-state index contributed by atoms with van der Waals surface area (Å²) in [7, 11) is -3.82. The number of nitrogens with one attached hydrogen (secondary N) is 1. The van der Waals surface area contributed by atoms with Crippen molar-refractivity contribution in [2.45, 2.75) is 25.3 Å². The third kappa shape index (κ3) is 3.47. The third-order valence-corrected chi connectivity index (χ3v) is 4.27. The van der Waals surface area contributed by atoms with E-state index in [2.05, 4.69) is 9.88 Å². The van der Waals surface area contributed by atoms with Gasteiger partial charge in [0.1, 0.15) is 5.76 Å². The maximum atomic E-state index is 12.1. The van der Waals surface area contributed by atoms with Gasteiger partial charge in [0.05, 0.1) is 22.7 Å². The van der Waals surface area contributed by atoms with Crippen molar-refractivity contribution in [2.24, 2.45) is 0 Å². The normalized spacial score (nSPS) is 11.5. The monoisotopic (exact) mass is 310 g/mol. The summed E-state index contributed by atoms with van der Waals surface area (Å²) < 4.78 is 31.5. The van der Waals surface area contributed by atoms with Crippen LogP contribution in [-0.4, -0.2) is 24.7 Å². The van der Waals surface area contributed by atoms with E-state index >= 15 is 0 Å². The fourth-order valence-electron chi connectivity index (χ4n) is 1.75. The fourth-order valence-corrected chi connectivity index (χ4v) is 2.78. The molecule has 0 aliphatic heterocycles. The molecule has 0 saturated heterocycles. The highest BCUT2D eigenvalue weighted by Crippen LogP contribution is 2.16. The molecule has 2 rings (SSSR count). The van der Waals surface area contributed by atoms with Crippen molar-refractivity contribution >= 4 is 16.0 Å². The number of hydrogen-bond acceptors (Lipinski definition) is 5. The summed E-state index contributed by atoms with van der Waals surface area (Å²) in [5.41, 5.74) is 0.894. The molecule has 0 saturated carbocycles. The number of aromatic carboxylic acids is 1. The lowest BCUT2D eigenvalue weighted by Crippen LogP contribution is -2.23. The molecule has 0 spiro atoms. The van der Waals surface area contributed by atoms with Gasteiger partial charge in [-0.05, 0) is 31.5 Å². The van der Waals surface area contributed by atoms with Crippen molar-refractivity contribution in [2.75, 3.05) is 0 Å². The van der Waals surface area contributed by atoms with Gasteiger partial charge in [0.15, 0.2) is 0 Å². The van der Waals surface area contributed by atoms with Crippen LogP contribution in [0.3, 0.4) is 0 Å². The summed E-state index contributed by atoms with van der Waals surface area (Å²) in [5.74, 6) is -0.593. The molecule has 0 aliphatic carbocycles. The minimum absolute atomic E-state index is 0.0318. The van der Waals surface area contributed by atoms with Crippen molar-refractivity contribution in [3.8, 4) is 0 Å². The number of sulfonamides is 1. The first-order valence-electron chi connectivity index (χ1n) is 6.05. The number of aryl methyl sites for hydroxylation is 2. The van der Waals surface area contributed by atoms with Crippen LogP contribution in [0.25, 0.3) is 0 Å². The molecule has 0 unspecified atom stereocenters. The van der Waals surface area contributed by atoms with E-state index in [0.29, 0.717) is 17.0 Å². The SMILES string of the molecule is Cc1cc(CNS(=O)(=O)c2ccc(C)c(C(=O)O)c2)no1. The lowest BCUT2D eigenvalue weighted by atomic mass is 10.1. The molecule has 0 aliphatic rings. The Labute approximate surface area is 121 Å². The highest BCUT2D eigenvalue weighted by molar-refractivity contribution is 7.89. The molecule has 0 bridgehead atoms. The molecule has 21 heavy (non-hydrogen) atoms. The number of carboxylic acids is 1. The zero-order chi connectivity index (χ0) is 15.6. The first kappa shape index (κ1) is 15.2. The molecule has 2 aromatic rings. The number of hydrogen-bond donors (Lipinski definition) is 2. The number of rotatable bonds is 5. The Morgan fingerprint density at radius 1 is 1.33 bits per heavy atom. The van der Waals surface area contributed by atoms with E-state index in [-0.39, 0.29) is 17.0 Å². The van der Waals surface area contributed by atoms with Crippen molar-refractivity contribution in [1.82, 2.24) is 9.88 Å². The van der Waals surface area contributed by atoms with Gasteiger partial charge in [-0.1, -0.05) is 11.2 Å². The van der Waals surface area contributed by atoms with Crippen LogP contribution >= 0.6 is 0 Å². The van der Waals surface area contributed by atoms with Gasteiger partial charge in [0.25, 0.3) is 0 Å². The van der Waals surface area contributed by atoms with Crippen LogP contribution in [0.5, 0.6) is 0 Å². The van der Waals surface area contributed by atoms with Crippen molar-refractivity contribution in [3.63, 3.8) is 0 Å². The van der Waals surface area contributed by atoms with Gasteiger partial charge in [-0.25, -0.2) is 17.9 Å². The first-order valence-corrected chi connectivity index (χ1v) is 7.54. The number of carboxylic acid groups (broad SMARTS) is 1. The standard InChI is InChI=1S/C13H14N2O5S/c1-8-3-4-11(6-12(8)13(16)17)21(18,19)14-7-10-5-9(2)20-15-10/h3-6,14H,7H2,1-2H3,(H,16,17). The Bertz CT molecular complexity index is 780. The molecular formula is C13H14N2O5S. The predicted molar refractivity (Wildman–Crippen MR) is 73.4 cm³/mol. The van der Waals surface area contributed by atoms with Crippen LogP contribution in [0.2, 0.25) is 0 Å². The van der Waals surface area contributed by atoms with Gasteiger partial charge in [0.2, 0.25) is 10.0 Å². The quantitative estimate of drug-likeness (QED) is 0.865. The first-order chi connectivity index (χ1) is 9.79. The van der Waals surface area contributed by atoms with E-state index in [1.165, 1.54) is 12.1 Å². The number of benzene rings is 1. The van der Waals surface area contributed by atoms with Gasteiger partial charge in [-0.2, -0.15) is 0 Å². The second kappa shape index (κ2) is 5.66. The summed E-state index contributed by atoms with van der Waals surface area (Å²) in [4.78, 5) is 10.9. The zero-order valence-electron chi connectivity index (χ0n) is 11.5. The maximum Gasteiger partial charge on any atom is 0.335 e. The van der Waals surface area contributed by atoms with Crippen molar-refractivity contribution < 1.29 is 22.8 Å². The summed E-state index contributed by atoms with van der Waals surface area (Å²) in [6.45, 7) is 3.27. The Morgan fingerprint density at radius 3 is 2.62 bits per heavy atom. The van der Waals surface area contributed by atoms with Gasteiger partial charge in [-0.3, -0.25) is 0 Å². The lowest BCUT2D eigenvalue weighted by Gasteiger charge is -2.07. The minimum atomic E-state index is -3.82. The van der Waals surface area contributed by atoms with Crippen LogP contribution in [0.1, 0.15) is 27.4 Å². The Kier molecular flexibility index (Phi) is 4.10. The Morgan fingerprint density at radius 2 is 2.05 bits per heavy atom. The Balaban J connectivity index is 2.23. The topological polar surface area (TPSA) is 110 Å². The second-order valence-electron chi connectivity index (χ2n) is 4.54.